The van der Waals surface area contributed by atoms with Crippen LogP contribution >= 0.6 is 0 Å². The maximum atomic E-state index is 12.0. The Kier molecular flexibility index (Phi) is 3.46. The minimum absolute atomic E-state index is 0.0886. The average molecular weight is 297 g/mol. The lowest BCUT2D eigenvalue weighted by atomic mass is 10.1. The Balaban J connectivity index is 1.84. The van der Waals surface area contributed by atoms with Crippen LogP contribution in [0.5, 0.6) is 0 Å². The van der Waals surface area contributed by atoms with Crippen LogP contribution in [0.4, 0.5) is 5.95 Å². The Bertz CT molecular complexity index is 895. The predicted octanol–water partition coefficient (Wildman–Crippen LogP) is 0.848. The molecular formula is C15H15N5O2. The second-order valence-electron chi connectivity index (χ2n) is 5.02. The molecule has 22 heavy (non-hydrogen) atoms. The lowest BCUT2D eigenvalue weighted by molar-refractivity contribution is -0.115. The molecule has 2 aromatic heterocycles. The quantitative estimate of drug-likeness (QED) is 0.777. The first-order chi connectivity index (χ1) is 10.6. The summed E-state index contributed by atoms with van der Waals surface area (Å²) in [6, 6.07) is 7.22. The molecular weight excluding hydrogens is 282 g/mol. The number of aromatic nitrogens is 4. The van der Waals surface area contributed by atoms with Crippen LogP contribution in [-0.4, -0.2) is 25.0 Å². The number of carbonyl (C=O) groups excluding carboxylic acids is 1. The number of rotatable bonds is 3. The Hall–Kier alpha value is -2.96. The van der Waals surface area contributed by atoms with Crippen molar-refractivity contribution in [1.82, 2.24) is 19.1 Å². The Morgan fingerprint density at radius 1 is 1.14 bits per heavy atom. The molecule has 0 aliphatic rings. The largest absolute Gasteiger partial charge is 0.328 e. The van der Waals surface area contributed by atoms with Gasteiger partial charge in [0.15, 0.2) is 0 Å². The van der Waals surface area contributed by atoms with Crippen molar-refractivity contribution in [3.05, 3.63) is 52.7 Å². The Labute approximate surface area is 126 Å². The summed E-state index contributed by atoms with van der Waals surface area (Å²) in [7, 11) is 3.44. The molecule has 0 atom stereocenters. The van der Waals surface area contributed by atoms with Gasteiger partial charge in [0.25, 0.3) is 0 Å². The van der Waals surface area contributed by atoms with Gasteiger partial charge in [-0.25, -0.2) is 14.8 Å². The summed E-state index contributed by atoms with van der Waals surface area (Å²) in [4.78, 5) is 31.8. The standard InChI is InChI=1S/C15H15N5O2/c1-19-11-5-4-10(8-12(11)20(2)15(19)22)9-13(21)18-14-16-6-3-7-17-14/h3-8H,9H2,1-2H3,(H,16,17,18,21). The van der Waals surface area contributed by atoms with Crippen molar-refractivity contribution in [3.63, 3.8) is 0 Å². The second-order valence-corrected chi connectivity index (χ2v) is 5.02. The molecule has 1 amide bonds. The van der Waals surface area contributed by atoms with Crippen LogP contribution in [0.25, 0.3) is 11.0 Å². The maximum absolute atomic E-state index is 12.0. The van der Waals surface area contributed by atoms with Crippen molar-refractivity contribution in [2.75, 3.05) is 5.32 Å². The van der Waals surface area contributed by atoms with Crippen LogP contribution in [0.15, 0.2) is 41.5 Å². The summed E-state index contributed by atoms with van der Waals surface area (Å²) in [6.45, 7) is 0. The smallest absolute Gasteiger partial charge is 0.295 e. The fourth-order valence-electron chi connectivity index (χ4n) is 2.38. The number of benzene rings is 1. The second kappa shape index (κ2) is 5.44. The van der Waals surface area contributed by atoms with Gasteiger partial charge in [0.1, 0.15) is 0 Å². The van der Waals surface area contributed by atoms with Crippen LogP contribution in [0.3, 0.4) is 0 Å². The van der Waals surface area contributed by atoms with E-state index in [1.807, 2.05) is 18.2 Å². The molecule has 3 rings (SSSR count). The summed E-state index contributed by atoms with van der Waals surface area (Å²) in [5.74, 6) is 0.0761. The van der Waals surface area contributed by atoms with Crippen molar-refractivity contribution >= 4 is 22.9 Å². The molecule has 0 unspecified atom stereocenters. The van der Waals surface area contributed by atoms with E-state index in [9.17, 15) is 9.59 Å². The molecule has 0 radical (unpaired) electrons. The van der Waals surface area contributed by atoms with Crippen LogP contribution < -0.4 is 11.0 Å². The number of hydrogen-bond acceptors (Lipinski definition) is 4. The normalized spacial score (nSPS) is 10.8. The lowest BCUT2D eigenvalue weighted by Crippen LogP contribution is -2.19. The summed E-state index contributed by atoms with van der Waals surface area (Å²) in [5, 5.41) is 2.63. The zero-order chi connectivity index (χ0) is 15.7. The van der Waals surface area contributed by atoms with Crippen molar-refractivity contribution in [2.45, 2.75) is 6.42 Å². The number of amides is 1. The highest BCUT2D eigenvalue weighted by Crippen LogP contribution is 2.14. The van der Waals surface area contributed by atoms with Gasteiger partial charge in [-0.05, 0) is 23.8 Å². The van der Waals surface area contributed by atoms with Crippen molar-refractivity contribution < 1.29 is 4.79 Å². The molecule has 0 spiro atoms. The number of fused-ring (bicyclic) bond motifs is 1. The third kappa shape index (κ3) is 2.48. The Morgan fingerprint density at radius 3 is 2.55 bits per heavy atom. The SMILES string of the molecule is Cn1c(=O)n(C)c2cc(CC(=O)Nc3ncccn3)ccc21. The lowest BCUT2D eigenvalue weighted by Gasteiger charge is -2.04. The fourth-order valence-corrected chi connectivity index (χ4v) is 2.38. The van der Waals surface area contributed by atoms with Crippen LogP contribution in [0, 0.1) is 0 Å². The van der Waals surface area contributed by atoms with Crippen molar-refractivity contribution in [2.24, 2.45) is 14.1 Å². The molecule has 7 heteroatoms. The van der Waals surface area contributed by atoms with Gasteiger partial charge in [-0.15, -0.1) is 0 Å². The summed E-state index contributed by atoms with van der Waals surface area (Å²) >= 11 is 0. The highest BCUT2D eigenvalue weighted by atomic mass is 16.2. The van der Waals surface area contributed by atoms with E-state index in [0.29, 0.717) is 0 Å². The number of imidazole rings is 1. The van der Waals surface area contributed by atoms with Gasteiger partial charge in [-0.2, -0.15) is 0 Å². The zero-order valence-corrected chi connectivity index (χ0v) is 12.3. The van der Waals surface area contributed by atoms with E-state index >= 15 is 0 Å². The third-order valence-corrected chi connectivity index (χ3v) is 3.52. The highest BCUT2D eigenvalue weighted by molar-refractivity contribution is 5.91. The van der Waals surface area contributed by atoms with E-state index in [4.69, 9.17) is 0 Å². The fraction of sp³-hybridized carbons (Fsp3) is 0.200. The molecule has 0 saturated heterocycles. The van der Waals surface area contributed by atoms with Crippen LogP contribution in [0.1, 0.15) is 5.56 Å². The highest BCUT2D eigenvalue weighted by Gasteiger charge is 2.10. The molecule has 3 aromatic rings. The molecule has 0 bridgehead atoms. The molecule has 1 N–H and O–H groups in total. The zero-order valence-electron chi connectivity index (χ0n) is 12.3. The van der Waals surface area contributed by atoms with E-state index in [-0.39, 0.29) is 24.0 Å². The molecule has 2 heterocycles. The maximum Gasteiger partial charge on any atom is 0.328 e. The van der Waals surface area contributed by atoms with Gasteiger partial charge >= 0.3 is 5.69 Å². The molecule has 7 nitrogen and oxygen atoms in total. The van der Waals surface area contributed by atoms with Gasteiger partial charge in [0.05, 0.1) is 17.5 Å². The number of anilines is 1. The van der Waals surface area contributed by atoms with Crippen molar-refractivity contribution in [1.29, 1.82) is 0 Å². The molecule has 0 fully saturated rings. The monoisotopic (exact) mass is 297 g/mol. The number of nitrogens with zero attached hydrogens (tertiary/aromatic N) is 4. The van der Waals surface area contributed by atoms with E-state index in [0.717, 1.165) is 16.6 Å². The minimum atomic E-state index is -0.202. The summed E-state index contributed by atoms with van der Waals surface area (Å²) in [5.41, 5.74) is 2.37. The third-order valence-electron chi connectivity index (χ3n) is 3.52. The first-order valence-corrected chi connectivity index (χ1v) is 6.77. The summed E-state index contributed by atoms with van der Waals surface area (Å²) in [6.07, 6.45) is 3.32. The first kappa shape index (κ1) is 14.0. The number of hydrogen-bond donors (Lipinski definition) is 1. The molecule has 1 aromatic carbocycles. The van der Waals surface area contributed by atoms with Crippen LogP contribution in [0.2, 0.25) is 0 Å². The van der Waals surface area contributed by atoms with Crippen molar-refractivity contribution in [3.8, 4) is 0 Å². The van der Waals surface area contributed by atoms with Crippen LogP contribution in [-0.2, 0) is 25.3 Å². The van der Waals surface area contributed by atoms with E-state index in [1.165, 1.54) is 0 Å². The number of nitrogens with one attached hydrogen (secondary N) is 1. The van der Waals surface area contributed by atoms with Gasteiger partial charge in [0, 0.05) is 26.5 Å². The van der Waals surface area contributed by atoms with Gasteiger partial charge < -0.3 is 0 Å². The molecule has 0 saturated carbocycles. The predicted molar refractivity (Wildman–Crippen MR) is 82.5 cm³/mol. The summed E-state index contributed by atoms with van der Waals surface area (Å²) < 4.78 is 3.15. The minimum Gasteiger partial charge on any atom is -0.295 e. The van der Waals surface area contributed by atoms with Gasteiger partial charge in [0.2, 0.25) is 11.9 Å². The van der Waals surface area contributed by atoms with E-state index in [2.05, 4.69) is 15.3 Å². The van der Waals surface area contributed by atoms with E-state index < -0.39 is 0 Å². The topological polar surface area (TPSA) is 81.8 Å². The first-order valence-electron chi connectivity index (χ1n) is 6.77. The number of carbonyl (C=O) groups is 1. The Morgan fingerprint density at radius 2 is 1.82 bits per heavy atom. The number of aryl methyl sites for hydroxylation is 2. The van der Waals surface area contributed by atoms with Gasteiger partial charge in [-0.1, -0.05) is 6.07 Å². The van der Waals surface area contributed by atoms with E-state index in [1.54, 1.807) is 41.7 Å². The average Bonchev–Trinajstić information content (AvgIpc) is 2.73. The molecule has 112 valence electrons. The van der Waals surface area contributed by atoms with Gasteiger partial charge in [-0.3, -0.25) is 19.2 Å². The molecule has 0 aliphatic heterocycles. The molecule has 0 aliphatic carbocycles.